The predicted octanol–water partition coefficient (Wildman–Crippen LogP) is 3.44. The second-order valence-electron chi connectivity index (χ2n) is 5.78. The molecule has 152 valence electrons. The van der Waals surface area contributed by atoms with Gasteiger partial charge in [-0.25, -0.2) is 13.1 Å². The Kier molecular flexibility index (Phi) is 8.10. The highest BCUT2D eigenvalue weighted by Gasteiger charge is 2.16. The van der Waals surface area contributed by atoms with Gasteiger partial charge in [-0.05, 0) is 55.8 Å². The first-order chi connectivity index (χ1) is 13.4. The summed E-state index contributed by atoms with van der Waals surface area (Å²) in [5.74, 6) is 0.562. The molecule has 0 atom stereocenters. The van der Waals surface area contributed by atoms with Crippen molar-refractivity contribution in [1.29, 1.82) is 0 Å². The molecule has 0 aromatic heterocycles. The summed E-state index contributed by atoms with van der Waals surface area (Å²) in [5.41, 5.74) is 0.603. The van der Waals surface area contributed by atoms with Crippen LogP contribution in [0.15, 0.2) is 47.4 Å². The van der Waals surface area contributed by atoms with E-state index in [0.717, 1.165) is 0 Å². The third-order valence-electron chi connectivity index (χ3n) is 3.56. The number of sulfonamides is 1. The molecule has 0 bridgehead atoms. The van der Waals surface area contributed by atoms with Crippen LogP contribution in [-0.4, -0.2) is 34.1 Å². The van der Waals surface area contributed by atoms with Crippen molar-refractivity contribution in [3.05, 3.63) is 47.5 Å². The first-order valence-electron chi connectivity index (χ1n) is 8.80. The van der Waals surface area contributed by atoms with Crippen LogP contribution in [-0.2, 0) is 14.8 Å². The second kappa shape index (κ2) is 10.3. The Morgan fingerprint density at radius 3 is 2.39 bits per heavy atom. The van der Waals surface area contributed by atoms with Gasteiger partial charge in [-0.3, -0.25) is 4.79 Å². The largest absolute Gasteiger partial charge is 0.494 e. The zero-order valence-corrected chi connectivity index (χ0v) is 17.3. The summed E-state index contributed by atoms with van der Waals surface area (Å²) in [7, 11) is -3.62. The van der Waals surface area contributed by atoms with Crippen LogP contribution in [0.4, 0.5) is 5.69 Å². The highest BCUT2D eigenvalue weighted by molar-refractivity contribution is 7.89. The quantitative estimate of drug-likeness (QED) is 0.607. The van der Waals surface area contributed by atoms with Crippen molar-refractivity contribution in [2.45, 2.75) is 25.2 Å². The molecular formula is C19H23ClN2O5S. The number of amides is 1. The van der Waals surface area contributed by atoms with Crippen molar-refractivity contribution in [2.75, 3.05) is 25.1 Å². The predicted molar refractivity (Wildman–Crippen MR) is 109 cm³/mol. The second-order valence-corrected chi connectivity index (χ2v) is 7.96. The smallest absolute Gasteiger partial charge is 0.262 e. The number of carbonyl (C=O) groups excluding carboxylic acids is 1. The number of hydrogen-bond acceptors (Lipinski definition) is 5. The zero-order valence-electron chi connectivity index (χ0n) is 15.7. The van der Waals surface area contributed by atoms with E-state index in [2.05, 4.69) is 10.0 Å². The first-order valence-corrected chi connectivity index (χ1v) is 10.7. The third kappa shape index (κ3) is 6.40. The average molecular weight is 427 g/mol. The van der Waals surface area contributed by atoms with Crippen molar-refractivity contribution >= 4 is 33.2 Å². The van der Waals surface area contributed by atoms with E-state index in [1.54, 1.807) is 24.3 Å². The number of nitrogens with one attached hydrogen (secondary N) is 2. The van der Waals surface area contributed by atoms with E-state index >= 15 is 0 Å². The third-order valence-corrected chi connectivity index (χ3v) is 5.32. The molecule has 2 rings (SSSR count). The van der Waals surface area contributed by atoms with Gasteiger partial charge < -0.3 is 14.8 Å². The SMILES string of the molecule is CCCNS(=O)(=O)c1ccc(OCC(=O)Nc2ccc(OCC)cc2)c(Cl)c1. The summed E-state index contributed by atoms with van der Waals surface area (Å²) in [6.07, 6.45) is 0.678. The Labute approximate surface area is 170 Å². The van der Waals surface area contributed by atoms with Gasteiger partial charge >= 0.3 is 0 Å². The molecule has 0 aliphatic rings. The van der Waals surface area contributed by atoms with Gasteiger partial charge in [0.2, 0.25) is 10.0 Å². The Morgan fingerprint density at radius 1 is 1.07 bits per heavy atom. The van der Waals surface area contributed by atoms with E-state index in [0.29, 0.717) is 31.0 Å². The van der Waals surface area contributed by atoms with Crippen LogP contribution in [0.1, 0.15) is 20.3 Å². The lowest BCUT2D eigenvalue weighted by molar-refractivity contribution is -0.118. The van der Waals surface area contributed by atoms with Gasteiger partial charge in [-0.2, -0.15) is 0 Å². The van der Waals surface area contributed by atoms with Crippen LogP contribution in [0.3, 0.4) is 0 Å². The lowest BCUT2D eigenvalue weighted by atomic mass is 10.3. The van der Waals surface area contributed by atoms with E-state index in [9.17, 15) is 13.2 Å². The molecule has 0 fully saturated rings. The summed E-state index contributed by atoms with van der Waals surface area (Å²) in [6.45, 7) is 4.39. The molecule has 28 heavy (non-hydrogen) atoms. The zero-order chi connectivity index (χ0) is 20.6. The first kappa shape index (κ1) is 22.0. The highest BCUT2D eigenvalue weighted by atomic mass is 35.5. The molecule has 2 N–H and O–H groups in total. The van der Waals surface area contributed by atoms with Crippen LogP contribution in [0.5, 0.6) is 11.5 Å². The molecule has 2 aromatic rings. The summed E-state index contributed by atoms with van der Waals surface area (Å²) in [6, 6.07) is 11.0. The number of benzene rings is 2. The fraction of sp³-hybridized carbons (Fsp3) is 0.316. The molecule has 9 heteroatoms. The standard InChI is InChI=1S/C19H23ClN2O5S/c1-3-11-21-28(24,25)16-9-10-18(17(20)12-16)27-13-19(23)22-14-5-7-15(8-6-14)26-4-2/h5-10,12,21H,3-4,11,13H2,1-2H3,(H,22,23). The minimum absolute atomic E-state index is 0.0390. The summed E-state index contributed by atoms with van der Waals surface area (Å²) in [4.78, 5) is 12.1. The van der Waals surface area contributed by atoms with Crippen molar-refractivity contribution < 1.29 is 22.7 Å². The van der Waals surface area contributed by atoms with E-state index < -0.39 is 10.0 Å². The molecule has 1 amide bonds. The van der Waals surface area contributed by atoms with Gasteiger partial charge in [0.25, 0.3) is 5.91 Å². The van der Waals surface area contributed by atoms with Gasteiger partial charge in [0.1, 0.15) is 11.5 Å². The Hall–Kier alpha value is -2.29. The van der Waals surface area contributed by atoms with Crippen LogP contribution in [0.25, 0.3) is 0 Å². The number of carbonyl (C=O) groups is 1. The summed E-state index contributed by atoms with van der Waals surface area (Å²) >= 11 is 6.10. The molecule has 7 nitrogen and oxygen atoms in total. The number of rotatable bonds is 10. The normalized spacial score (nSPS) is 11.1. The molecule has 2 aromatic carbocycles. The Bertz CT molecular complexity index is 901. The van der Waals surface area contributed by atoms with Gasteiger partial charge in [-0.1, -0.05) is 18.5 Å². The van der Waals surface area contributed by atoms with E-state index in [1.807, 2.05) is 13.8 Å². The fourth-order valence-corrected chi connectivity index (χ4v) is 3.69. The van der Waals surface area contributed by atoms with Crippen LogP contribution in [0, 0.1) is 0 Å². The van der Waals surface area contributed by atoms with Crippen molar-refractivity contribution in [1.82, 2.24) is 4.72 Å². The maximum absolute atomic E-state index is 12.1. The molecule has 0 aliphatic heterocycles. The van der Waals surface area contributed by atoms with E-state index in [4.69, 9.17) is 21.1 Å². The summed E-state index contributed by atoms with van der Waals surface area (Å²) < 4.78 is 37.4. The lowest BCUT2D eigenvalue weighted by Crippen LogP contribution is -2.24. The topological polar surface area (TPSA) is 93.7 Å². The van der Waals surface area contributed by atoms with Gasteiger partial charge in [0.05, 0.1) is 16.5 Å². The molecular weight excluding hydrogens is 404 g/mol. The van der Waals surface area contributed by atoms with Gasteiger partial charge in [0, 0.05) is 12.2 Å². The number of halogens is 1. The monoisotopic (exact) mass is 426 g/mol. The van der Waals surface area contributed by atoms with Crippen molar-refractivity contribution in [2.24, 2.45) is 0 Å². The number of hydrogen-bond donors (Lipinski definition) is 2. The van der Waals surface area contributed by atoms with E-state index in [1.165, 1.54) is 18.2 Å². The Balaban J connectivity index is 1.94. The van der Waals surface area contributed by atoms with Crippen molar-refractivity contribution in [3.8, 4) is 11.5 Å². The molecule has 0 saturated heterocycles. The molecule has 0 radical (unpaired) electrons. The molecule has 0 aliphatic carbocycles. The molecule has 0 heterocycles. The number of anilines is 1. The average Bonchev–Trinajstić information content (AvgIpc) is 2.67. The van der Waals surface area contributed by atoms with Crippen LogP contribution >= 0.6 is 11.6 Å². The van der Waals surface area contributed by atoms with E-state index in [-0.39, 0.29) is 28.2 Å². The highest BCUT2D eigenvalue weighted by Crippen LogP contribution is 2.27. The van der Waals surface area contributed by atoms with Gasteiger partial charge in [-0.15, -0.1) is 0 Å². The lowest BCUT2D eigenvalue weighted by Gasteiger charge is -2.11. The Morgan fingerprint density at radius 2 is 1.79 bits per heavy atom. The molecule has 0 unspecified atom stereocenters. The fourth-order valence-electron chi connectivity index (χ4n) is 2.23. The minimum Gasteiger partial charge on any atom is -0.494 e. The molecule has 0 spiro atoms. The summed E-state index contributed by atoms with van der Waals surface area (Å²) in [5, 5.41) is 2.80. The number of ether oxygens (including phenoxy) is 2. The minimum atomic E-state index is -3.62. The van der Waals surface area contributed by atoms with Crippen LogP contribution < -0.4 is 19.5 Å². The van der Waals surface area contributed by atoms with Crippen LogP contribution in [0.2, 0.25) is 5.02 Å². The maximum atomic E-state index is 12.1. The van der Waals surface area contributed by atoms with Gasteiger partial charge in [0.15, 0.2) is 6.61 Å². The maximum Gasteiger partial charge on any atom is 0.262 e. The molecule has 0 saturated carbocycles. The van der Waals surface area contributed by atoms with Crippen molar-refractivity contribution in [3.63, 3.8) is 0 Å².